The van der Waals surface area contributed by atoms with E-state index >= 15 is 0 Å². The van der Waals surface area contributed by atoms with Crippen molar-refractivity contribution in [3.8, 4) is 5.75 Å². The summed E-state index contributed by atoms with van der Waals surface area (Å²) in [5.74, 6) is -1.80. The fourth-order valence-electron chi connectivity index (χ4n) is 3.63. The van der Waals surface area contributed by atoms with Crippen molar-refractivity contribution in [2.24, 2.45) is 5.92 Å². The minimum atomic E-state index is -0.729. The topological polar surface area (TPSA) is 123 Å². The monoisotopic (exact) mass is 465 g/mol. The molecule has 1 aromatic carbocycles. The molecule has 11 heteroatoms. The van der Waals surface area contributed by atoms with Gasteiger partial charge in [0.25, 0.3) is 0 Å². The van der Waals surface area contributed by atoms with Crippen LogP contribution in [0.4, 0.5) is 10.5 Å². The summed E-state index contributed by atoms with van der Waals surface area (Å²) in [6, 6.07) is 3.73. The first-order valence-electron chi connectivity index (χ1n) is 10.0. The van der Waals surface area contributed by atoms with Crippen LogP contribution in [0.25, 0.3) is 0 Å². The molecule has 0 saturated carbocycles. The van der Waals surface area contributed by atoms with Crippen molar-refractivity contribution in [3.63, 3.8) is 0 Å². The predicted molar refractivity (Wildman–Crippen MR) is 114 cm³/mol. The van der Waals surface area contributed by atoms with Crippen LogP contribution >= 0.6 is 11.6 Å². The average Bonchev–Trinajstić information content (AvgIpc) is 3.13. The fraction of sp³-hybridized carbons (Fsp3) is 0.429. The number of nitrogens with zero attached hydrogens (tertiary/aromatic N) is 1. The van der Waals surface area contributed by atoms with Crippen LogP contribution in [0.15, 0.2) is 29.5 Å². The smallest absolute Gasteiger partial charge is 0.338 e. The molecule has 0 spiro atoms. The van der Waals surface area contributed by atoms with Crippen LogP contribution in [0.3, 0.4) is 0 Å². The first kappa shape index (κ1) is 23.4. The van der Waals surface area contributed by atoms with Crippen LogP contribution in [0, 0.1) is 5.92 Å². The summed E-state index contributed by atoms with van der Waals surface area (Å²) in [6.45, 7) is 3.19. The second-order valence-electron chi connectivity index (χ2n) is 7.26. The van der Waals surface area contributed by atoms with Crippen LogP contribution in [-0.4, -0.2) is 56.8 Å². The number of methoxy groups -OCH3 is 1. The molecular weight excluding hydrogens is 442 g/mol. The second-order valence-corrected chi connectivity index (χ2v) is 7.70. The fourth-order valence-corrected chi connectivity index (χ4v) is 3.79. The van der Waals surface area contributed by atoms with E-state index in [0.717, 1.165) is 0 Å². The van der Waals surface area contributed by atoms with Gasteiger partial charge in [-0.2, -0.15) is 0 Å². The number of ether oxygens (including phenoxy) is 3. The summed E-state index contributed by atoms with van der Waals surface area (Å²) in [7, 11) is 1.47. The highest BCUT2D eigenvalue weighted by molar-refractivity contribution is 6.31. The van der Waals surface area contributed by atoms with Crippen molar-refractivity contribution >= 4 is 41.2 Å². The van der Waals surface area contributed by atoms with Gasteiger partial charge < -0.3 is 29.7 Å². The van der Waals surface area contributed by atoms with Gasteiger partial charge in [0.1, 0.15) is 12.4 Å². The lowest BCUT2D eigenvalue weighted by atomic mass is 10.0. The van der Waals surface area contributed by atoms with Gasteiger partial charge in [-0.15, -0.1) is 0 Å². The Morgan fingerprint density at radius 3 is 2.69 bits per heavy atom. The van der Waals surface area contributed by atoms with Crippen molar-refractivity contribution in [1.29, 1.82) is 0 Å². The van der Waals surface area contributed by atoms with Gasteiger partial charge in [-0.1, -0.05) is 11.6 Å². The number of nitrogens with one attached hydrogen (secondary N) is 2. The average molecular weight is 466 g/mol. The number of anilines is 1. The Kier molecular flexibility index (Phi) is 7.24. The first-order valence-corrected chi connectivity index (χ1v) is 10.4. The van der Waals surface area contributed by atoms with Crippen LogP contribution in [0.2, 0.25) is 5.02 Å². The highest BCUT2D eigenvalue weighted by atomic mass is 35.5. The molecule has 2 N–H and O–H groups in total. The molecule has 2 heterocycles. The second kappa shape index (κ2) is 9.90. The molecule has 0 aliphatic carbocycles. The lowest BCUT2D eigenvalue weighted by Crippen LogP contribution is -2.50. The Morgan fingerprint density at radius 2 is 2.00 bits per heavy atom. The van der Waals surface area contributed by atoms with E-state index in [-0.39, 0.29) is 43.4 Å². The van der Waals surface area contributed by atoms with Crippen molar-refractivity contribution < 1.29 is 33.4 Å². The zero-order valence-corrected chi connectivity index (χ0v) is 18.7. The number of carbonyl (C=O) groups is 4. The Hall–Kier alpha value is -3.27. The molecule has 32 heavy (non-hydrogen) atoms. The molecule has 172 valence electrons. The molecule has 2 atom stereocenters. The normalized spacial score (nSPS) is 20.6. The minimum Gasteiger partial charge on any atom is -0.495 e. The largest absolute Gasteiger partial charge is 0.495 e. The van der Waals surface area contributed by atoms with E-state index in [0.29, 0.717) is 16.5 Å². The predicted octanol–water partition coefficient (Wildman–Crippen LogP) is 1.76. The van der Waals surface area contributed by atoms with E-state index in [1.165, 1.54) is 12.0 Å². The van der Waals surface area contributed by atoms with Gasteiger partial charge >= 0.3 is 18.0 Å². The molecule has 3 amide bonds. The maximum atomic E-state index is 12.7. The molecule has 3 rings (SSSR count). The maximum absolute atomic E-state index is 12.7. The number of esters is 2. The molecule has 0 aromatic heterocycles. The van der Waals surface area contributed by atoms with E-state index in [2.05, 4.69) is 10.6 Å². The van der Waals surface area contributed by atoms with Gasteiger partial charge in [0.05, 0.1) is 42.6 Å². The summed E-state index contributed by atoms with van der Waals surface area (Å²) in [4.78, 5) is 50.7. The molecule has 2 aliphatic rings. The summed E-state index contributed by atoms with van der Waals surface area (Å²) >= 11 is 6.05. The van der Waals surface area contributed by atoms with E-state index in [4.69, 9.17) is 25.8 Å². The molecular formula is C21H24ClN3O7. The Labute approximate surface area is 189 Å². The number of urea groups is 1. The zero-order valence-electron chi connectivity index (χ0n) is 17.9. The molecule has 0 radical (unpaired) electrons. The molecule has 10 nitrogen and oxygen atoms in total. The van der Waals surface area contributed by atoms with Gasteiger partial charge in [-0.25, -0.2) is 9.59 Å². The van der Waals surface area contributed by atoms with Gasteiger partial charge in [0.2, 0.25) is 5.91 Å². The third kappa shape index (κ3) is 4.96. The zero-order chi connectivity index (χ0) is 23.4. The van der Waals surface area contributed by atoms with Gasteiger partial charge in [-0.05, 0) is 32.0 Å². The Morgan fingerprint density at radius 1 is 1.25 bits per heavy atom. The molecule has 0 bridgehead atoms. The first-order chi connectivity index (χ1) is 15.2. The molecule has 2 aliphatic heterocycles. The molecule has 1 saturated heterocycles. The SMILES string of the molecule is CCOC(=O)C1=C(COC(=O)[C@@H]2CC(=O)N(c3cc(Cl)ccc3OC)C2)NC(=O)N[C@@H]1C. The number of carbonyl (C=O) groups excluding carboxylic acids is 4. The van der Waals surface area contributed by atoms with E-state index < -0.39 is 29.9 Å². The van der Waals surface area contributed by atoms with E-state index in [1.54, 1.807) is 32.0 Å². The maximum Gasteiger partial charge on any atom is 0.338 e. The van der Waals surface area contributed by atoms with Crippen LogP contribution in [-0.2, 0) is 23.9 Å². The van der Waals surface area contributed by atoms with Crippen molar-refractivity contribution in [1.82, 2.24) is 10.6 Å². The summed E-state index contributed by atoms with van der Waals surface area (Å²) in [6.07, 6.45) is -0.0530. The Balaban J connectivity index is 1.72. The number of hydrogen-bond donors (Lipinski definition) is 2. The van der Waals surface area contributed by atoms with Crippen molar-refractivity contribution in [2.75, 3.05) is 31.8 Å². The highest BCUT2D eigenvalue weighted by Gasteiger charge is 2.38. The molecule has 0 unspecified atom stereocenters. The van der Waals surface area contributed by atoms with E-state index in [9.17, 15) is 19.2 Å². The summed E-state index contributed by atoms with van der Waals surface area (Å²) in [5.41, 5.74) is 0.782. The minimum absolute atomic E-state index is 0.0530. The number of amides is 3. The number of benzene rings is 1. The van der Waals surface area contributed by atoms with Crippen LogP contribution in [0.5, 0.6) is 5.75 Å². The molecule has 1 fully saturated rings. The summed E-state index contributed by atoms with van der Waals surface area (Å²) < 4.78 is 15.7. The van der Waals surface area contributed by atoms with Gasteiger partial charge in [-0.3, -0.25) is 9.59 Å². The van der Waals surface area contributed by atoms with Crippen molar-refractivity contribution in [2.45, 2.75) is 26.3 Å². The lowest BCUT2D eigenvalue weighted by Gasteiger charge is -2.26. The lowest BCUT2D eigenvalue weighted by molar-refractivity contribution is -0.147. The van der Waals surface area contributed by atoms with Crippen LogP contribution in [0.1, 0.15) is 20.3 Å². The standard InChI is InChI=1S/C21H24ClN3O7/c1-4-31-20(28)18-11(2)23-21(29)24-14(18)10-32-19(27)12-7-17(26)25(9-12)15-8-13(22)5-6-16(15)30-3/h5-6,8,11-12H,4,7,9-10H2,1-3H3,(H2,23,24,29)/t11-,12-/m1/s1. The highest BCUT2D eigenvalue weighted by Crippen LogP contribution is 2.35. The van der Waals surface area contributed by atoms with Gasteiger partial charge in [0.15, 0.2) is 0 Å². The molecule has 1 aromatic rings. The van der Waals surface area contributed by atoms with Crippen LogP contribution < -0.4 is 20.3 Å². The van der Waals surface area contributed by atoms with Crippen molar-refractivity contribution in [3.05, 3.63) is 34.5 Å². The quantitative estimate of drug-likeness (QED) is 0.588. The number of hydrogen-bond acceptors (Lipinski definition) is 7. The third-order valence-electron chi connectivity index (χ3n) is 5.11. The van der Waals surface area contributed by atoms with Gasteiger partial charge in [0, 0.05) is 18.0 Å². The Bertz CT molecular complexity index is 978. The number of rotatable bonds is 7. The number of halogens is 1. The van der Waals surface area contributed by atoms with E-state index in [1.807, 2.05) is 0 Å². The third-order valence-corrected chi connectivity index (χ3v) is 5.35. The summed E-state index contributed by atoms with van der Waals surface area (Å²) in [5, 5.41) is 5.48.